The summed E-state index contributed by atoms with van der Waals surface area (Å²) in [5.41, 5.74) is 1.09. The largest absolute Gasteiger partial charge is 0.352 e. The molecule has 0 unspecified atom stereocenters. The SMILES string of the molecule is C=CCNC(=O)[C@@H](CCC)c1ccccc1. The van der Waals surface area contributed by atoms with Crippen molar-refractivity contribution in [2.75, 3.05) is 6.54 Å². The van der Waals surface area contributed by atoms with Gasteiger partial charge in [0.1, 0.15) is 0 Å². The Morgan fingerprint density at radius 2 is 2.12 bits per heavy atom. The Bertz CT molecular complexity index is 332. The van der Waals surface area contributed by atoms with Crippen LogP contribution in [-0.4, -0.2) is 12.5 Å². The molecule has 1 aromatic carbocycles. The summed E-state index contributed by atoms with van der Waals surface area (Å²) < 4.78 is 0. The van der Waals surface area contributed by atoms with Crippen LogP contribution < -0.4 is 5.32 Å². The highest BCUT2D eigenvalue weighted by Crippen LogP contribution is 2.21. The van der Waals surface area contributed by atoms with Gasteiger partial charge in [-0.3, -0.25) is 4.79 Å². The van der Waals surface area contributed by atoms with Gasteiger partial charge in [0.25, 0.3) is 0 Å². The maximum absolute atomic E-state index is 11.9. The standard InChI is InChI=1S/C14H19NO/c1-3-8-13(14(16)15-11-4-2)12-9-6-5-7-10-12/h4-7,9-10,13H,2-3,8,11H2,1H3,(H,15,16)/t13-/m0/s1. The summed E-state index contributed by atoms with van der Waals surface area (Å²) in [6.07, 6.45) is 3.58. The van der Waals surface area contributed by atoms with Crippen molar-refractivity contribution in [2.45, 2.75) is 25.7 Å². The van der Waals surface area contributed by atoms with Gasteiger partial charge in [0.15, 0.2) is 0 Å². The molecule has 0 aromatic heterocycles. The highest BCUT2D eigenvalue weighted by molar-refractivity contribution is 5.83. The van der Waals surface area contributed by atoms with Crippen LogP contribution in [0.25, 0.3) is 0 Å². The van der Waals surface area contributed by atoms with Crippen LogP contribution in [0.5, 0.6) is 0 Å². The molecule has 1 atom stereocenters. The number of carbonyl (C=O) groups excluding carboxylic acids is 1. The number of nitrogens with one attached hydrogen (secondary N) is 1. The number of hydrogen-bond donors (Lipinski definition) is 1. The third kappa shape index (κ3) is 3.54. The molecule has 1 aromatic rings. The van der Waals surface area contributed by atoms with Gasteiger partial charge in [-0.1, -0.05) is 49.8 Å². The highest BCUT2D eigenvalue weighted by atomic mass is 16.1. The van der Waals surface area contributed by atoms with E-state index in [2.05, 4.69) is 18.8 Å². The second-order valence-corrected chi connectivity index (χ2v) is 3.79. The first-order chi connectivity index (χ1) is 7.79. The monoisotopic (exact) mass is 217 g/mol. The van der Waals surface area contributed by atoms with E-state index in [0.29, 0.717) is 6.54 Å². The van der Waals surface area contributed by atoms with E-state index in [1.165, 1.54) is 0 Å². The zero-order valence-corrected chi connectivity index (χ0v) is 9.78. The zero-order valence-electron chi connectivity index (χ0n) is 9.78. The molecule has 0 aliphatic rings. The molecule has 16 heavy (non-hydrogen) atoms. The number of hydrogen-bond acceptors (Lipinski definition) is 1. The lowest BCUT2D eigenvalue weighted by Gasteiger charge is -2.15. The molecule has 2 heteroatoms. The van der Waals surface area contributed by atoms with Crippen molar-refractivity contribution in [1.82, 2.24) is 5.32 Å². The van der Waals surface area contributed by atoms with Crippen molar-refractivity contribution in [3.05, 3.63) is 48.6 Å². The molecule has 0 aliphatic carbocycles. The lowest BCUT2D eigenvalue weighted by Crippen LogP contribution is -2.29. The summed E-state index contributed by atoms with van der Waals surface area (Å²) in [4.78, 5) is 11.9. The number of carbonyl (C=O) groups is 1. The van der Waals surface area contributed by atoms with Crippen molar-refractivity contribution < 1.29 is 4.79 Å². The predicted octanol–water partition coefficient (Wildman–Crippen LogP) is 2.87. The number of rotatable bonds is 6. The van der Waals surface area contributed by atoms with E-state index in [0.717, 1.165) is 18.4 Å². The molecule has 1 amide bonds. The third-order valence-electron chi connectivity index (χ3n) is 2.52. The molecule has 1 rings (SSSR count). The molecule has 0 heterocycles. The summed E-state index contributed by atoms with van der Waals surface area (Å²) in [6, 6.07) is 9.92. The molecule has 0 saturated carbocycles. The van der Waals surface area contributed by atoms with Crippen LogP contribution in [0.3, 0.4) is 0 Å². The van der Waals surface area contributed by atoms with Gasteiger partial charge in [0.05, 0.1) is 5.92 Å². The Kier molecular flexibility index (Phi) is 5.34. The average Bonchev–Trinajstić information content (AvgIpc) is 2.34. The molecule has 2 nitrogen and oxygen atoms in total. The van der Waals surface area contributed by atoms with Gasteiger partial charge in [0, 0.05) is 6.54 Å². The molecule has 0 aliphatic heterocycles. The van der Waals surface area contributed by atoms with Gasteiger partial charge in [0.2, 0.25) is 5.91 Å². The Morgan fingerprint density at radius 1 is 1.44 bits per heavy atom. The molecule has 86 valence electrons. The average molecular weight is 217 g/mol. The fraction of sp³-hybridized carbons (Fsp3) is 0.357. The Labute approximate surface area is 97.4 Å². The van der Waals surface area contributed by atoms with Gasteiger partial charge < -0.3 is 5.32 Å². The normalized spacial score (nSPS) is 11.8. The molecule has 1 N–H and O–H groups in total. The van der Waals surface area contributed by atoms with Crippen LogP contribution in [0.4, 0.5) is 0 Å². The molecular formula is C14H19NO. The van der Waals surface area contributed by atoms with Crippen molar-refractivity contribution in [3.8, 4) is 0 Å². The number of amides is 1. The van der Waals surface area contributed by atoms with Crippen LogP contribution in [0.1, 0.15) is 31.2 Å². The van der Waals surface area contributed by atoms with Gasteiger partial charge >= 0.3 is 0 Å². The summed E-state index contributed by atoms with van der Waals surface area (Å²) in [5, 5.41) is 2.86. The maximum Gasteiger partial charge on any atom is 0.227 e. The number of benzene rings is 1. The van der Waals surface area contributed by atoms with Crippen molar-refractivity contribution in [3.63, 3.8) is 0 Å². The second-order valence-electron chi connectivity index (χ2n) is 3.79. The molecule has 0 saturated heterocycles. The van der Waals surface area contributed by atoms with Crippen LogP contribution in [0, 0.1) is 0 Å². The lowest BCUT2D eigenvalue weighted by atomic mass is 9.94. The first kappa shape index (κ1) is 12.5. The van der Waals surface area contributed by atoms with Gasteiger partial charge in [-0.05, 0) is 12.0 Å². The van der Waals surface area contributed by atoms with Gasteiger partial charge in [-0.15, -0.1) is 6.58 Å². The van der Waals surface area contributed by atoms with E-state index in [1.807, 2.05) is 30.3 Å². The topological polar surface area (TPSA) is 29.1 Å². The van der Waals surface area contributed by atoms with Crippen LogP contribution >= 0.6 is 0 Å². The smallest absolute Gasteiger partial charge is 0.227 e. The highest BCUT2D eigenvalue weighted by Gasteiger charge is 2.18. The Balaban J connectivity index is 2.74. The van der Waals surface area contributed by atoms with Crippen molar-refractivity contribution >= 4 is 5.91 Å². The predicted molar refractivity (Wildman–Crippen MR) is 67.3 cm³/mol. The van der Waals surface area contributed by atoms with Gasteiger partial charge in [-0.25, -0.2) is 0 Å². The summed E-state index contributed by atoms with van der Waals surface area (Å²) in [5.74, 6) is 0.0547. The third-order valence-corrected chi connectivity index (χ3v) is 2.52. The fourth-order valence-electron chi connectivity index (χ4n) is 1.72. The summed E-state index contributed by atoms with van der Waals surface area (Å²) in [6.45, 7) is 6.22. The first-order valence-corrected chi connectivity index (χ1v) is 5.73. The van der Waals surface area contributed by atoms with E-state index in [-0.39, 0.29) is 11.8 Å². The Hall–Kier alpha value is -1.57. The first-order valence-electron chi connectivity index (χ1n) is 5.73. The fourth-order valence-corrected chi connectivity index (χ4v) is 1.72. The van der Waals surface area contributed by atoms with Crippen molar-refractivity contribution in [2.24, 2.45) is 0 Å². The minimum absolute atomic E-state index is 0.0360. The van der Waals surface area contributed by atoms with E-state index in [9.17, 15) is 4.79 Å². The van der Waals surface area contributed by atoms with Crippen molar-refractivity contribution in [1.29, 1.82) is 0 Å². The Morgan fingerprint density at radius 3 is 2.69 bits per heavy atom. The van der Waals surface area contributed by atoms with Crippen LogP contribution in [0.2, 0.25) is 0 Å². The minimum Gasteiger partial charge on any atom is -0.352 e. The zero-order chi connectivity index (χ0) is 11.8. The van der Waals surface area contributed by atoms with E-state index in [4.69, 9.17) is 0 Å². The molecule has 0 radical (unpaired) electrons. The molecular weight excluding hydrogens is 198 g/mol. The van der Waals surface area contributed by atoms with Crippen LogP contribution in [-0.2, 0) is 4.79 Å². The van der Waals surface area contributed by atoms with Gasteiger partial charge in [-0.2, -0.15) is 0 Å². The van der Waals surface area contributed by atoms with E-state index < -0.39 is 0 Å². The summed E-state index contributed by atoms with van der Waals surface area (Å²) >= 11 is 0. The lowest BCUT2D eigenvalue weighted by molar-refractivity contribution is -0.122. The quantitative estimate of drug-likeness (QED) is 0.729. The van der Waals surface area contributed by atoms with E-state index >= 15 is 0 Å². The van der Waals surface area contributed by atoms with E-state index in [1.54, 1.807) is 6.08 Å². The summed E-state index contributed by atoms with van der Waals surface area (Å²) in [7, 11) is 0. The second kappa shape index (κ2) is 6.83. The minimum atomic E-state index is -0.0360. The molecule has 0 spiro atoms. The maximum atomic E-state index is 11.9. The molecule has 0 bridgehead atoms. The molecule has 0 fully saturated rings. The van der Waals surface area contributed by atoms with Crippen LogP contribution in [0.15, 0.2) is 43.0 Å².